The predicted molar refractivity (Wildman–Crippen MR) is 119 cm³/mol. The van der Waals surface area contributed by atoms with Gasteiger partial charge in [-0.1, -0.05) is 59.9 Å². The lowest BCUT2D eigenvalue weighted by Gasteiger charge is -2.33. The summed E-state index contributed by atoms with van der Waals surface area (Å²) in [7, 11) is 0. The number of rotatable bonds is 6. The number of nitrogens with zero attached hydrogens (tertiary/aromatic N) is 4. The number of hydrogen-bond acceptors (Lipinski definition) is 6. The minimum atomic E-state index is -0.471. The van der Waals surface area contributed by atoms with E-state index in [1.54, 1.807) is 23.0 Å². The molecule has 1 aromatic heterocycles. The largest absolute Gasteiger partial charge is 0.298 e. The van der Waals surface area contributed by atoms with Crippen LogP contribution in [0.2, 0.25) is 0 Å². The molecule has 8 heteroatoms. The number of amidine groups is 1. The molecule has 1 atom stereocenters. The number of unbranched alkanes of at least 4 members (excludes halogenated alkanes) is 3. The van der Waals surface area contributed by atoms with E-state index in [1.807, 2.05) is 36.4 Å². The molecule has 0 radical (unpaired) electrons. The Balaban J connectivity index is 1.72. The number of hydrogen-bond donors (Lipinski definition) is 1. The van der Waals surface area contributed by atoms with Gasteiger partial charge < -0.3 is 0 Å². The predicted octanol–water partition coefficient (Wildman–Crippen LogP) is 3.30. The number of aromatic nitrogens is 1. The average Bonchev–Trinajstić information content (AvgIpc) is 2.73. The lowest BCUT2D eigenvalue weighted by Crippen LogP contribution is -2.50. The van der Waals surface area contributed by atoms with Crippen LogP contribution in [0.1, 0.15) is 44.5 Å². The minimum Gasteiger partial charge on any atom is -0.298 e. The number of carbonyl (C=O) groups is 1. The van der Waals surface area contributed by atoms with E-state index in [4.69, 9.17) is 10.1 Å². The maximum Gasteiger partial charge on any atom is 0.276 e. The van der Waals surface area contributed by atoms with Gasteiger partial charge >= 0.3 is 0 Å². The van der Waals surface area contributed by atoms with E-state index in [-0.39, 0.29) is 5.91 Å². The zero-order chi connectivity index (χ0) is 20.2. The molecule has 3 heterocycles. The van der Waals surface area contributed by atoms with Crippen LogP contribution < -0.4 is 15.9 Å². The van der Waals surface area contributed by atoms with Gasteiger partial charge in [0, 0.05) is 21.6 Å². The number of benzene rings is 1. The fourth-order valence-corrected chi connectivity index (χ4v) is 4.55. The number of carbonyl (C=O) groups excluding carboxylic acids is 1. The summed E-state index contributed by atoms with van der Waals surface area (Å²) in [6, 6.07) is 11.4. The van der Waals surface area contributed by atoms with Crippen molar-refractivity contribution < 1.29 is 4.79 Å². The lowest BCUT2D eigenvalue weighted by atomic mass is 10.1. The van der Waals surface area contributed by atoms with Crippen molar-refractivity contribution in [1.82, 2.24) is 15.3 Å². The molecule has 4 rings (SSSR count). The zero-order valence-corrected chi connectivity index (χ0v) is 18.5. The Labute approximate surface area is 182 Å². The molecule has 2 aliphatic heterocycles. The summed E-state index contributed by atoms with van der Waals surface area (Å²) in [6.07, 6.45) is 6.00. The van der Waals surface area contributed by atoms with Crippen molar-refractivity contribution in [3.63, 3.8) is 0 Å². The minimum absolute atomic E-state index is 0.161. The molecular formula is C21H22BrN5OS. The first kappa shape index (κ1) is 20.1. The first-order valence-corrected chi connectivity index (χ1v) is 11.6. The molecule has 1 amide bonds. The van der Waals surface area contributed by atoms with Crippen LogP contribution in [0.5, 0.6) is 0 Å². The third kappa shape index (κ3) is 4.38. The van der Waals surface area contributed by atoms with Crippen molar-refractivity contribution in [3.05, 3.63) is 63.3 Å². The molecule has 0 spiro atoms. The van der Waals surface area contributed by atoms with Crippen molar-refractivity contribution in [3.8, 4) is 0 Å². The molecule has 0 fully saturated rings. The van der Waals surface area contributed by atoms with E-state index >= 15 is 0 Å². The molecule has 0 unspecified atom stereocenters. The molecule has 0 saturated heterocycles. The second-order valence-electron chi connectivity index (χ2n) is 6.88. The van der Waals surface area contributed by atoms with Crippen LogP contribution in [-0.2, 0) is 4.79 Å². The zero-order valence-electron chi connectivity index (χ0n) is 16.1. The molecule has 150 valence electrons. The molecule has 2 aromatic rings. The Morgan fingerprint density at radius 3 is 2.90 bits per heavy atom. The highest BCUT2D eigenvalue weighted by atomic mass is 79.9. The maximum atomic E-state index is 13.1. The molecule has 2 aliphatic rings. The SMILES string of the molecule is CCCCCCSC1=NN2C(=c3cc(Br)ccc3=N[C@H]2c2ccccn2)C(=O)N1. The van der Waals surface area contributed by atoms with Crippen molar-refractivity contribution in [1.29, 1.82) is 0 Å². The number of pyridine rings is 1. The number of amides is 1. The van der Waals surface area contributed by atoms with Crippen LogP contribution in [0.25, 0.3) is 5.70 Å². The monoisotopic (exact) mass is 471 g/mol. The normalized spacial score (nSPS) is 17.8. The first-order valence-electron chi connectivity index (χ1n) is 9.78. The number of fused-ring (bicyclic) bond motifs is 2. The summed E-state index contributed by atoms with van der Waals surface area (Å²) in [5.41, 5.74) is 1.26. The van der Waals surface area contributed by atoms with Crippen molar-refractivity contribution in [2.45, 2.75) is 38.8 Å². The third-order valence-electron chi connectivity index (χ3n) is 4.76. The topological polar surface area (TPSA) is 70.0 Å². The van der Waals surface area contributed by atoms with Gasteiger partial charge in [-0.25, -0.2) is 5.01 Å². The van der Waals surface area contributed by atoms with Gasteiger partial charge in [0.05, 0.1) is 11.1 Å². The standard InChI is InChI=1S/C21H22BrN5OS/c1-2-3-4-7-12-29-21-25-20(28)18-15-13-14(22)9-10-16(15)24-19(27(18)26-21)17-8-5-6-11-23-17/h5-6,8-11,13,19H,2-4,7,12H2,1H3,(H,25,26,28)/t19-/m1/s1. The summed E-state index contributed by atoms with van der Waals surface area (Å²) in [5, 5.41) is 11.6. The fourth-order valence-electron chi connectivity index (χ4n) is 3.34. The van der Waals surface area contributed by atoms with Crippen LogP contribution in [-0.4, -0.2) is 26.8 Å². The van der Waals surface area contributed by atoms with Crippen LogP contribution in [0.3, 0.4) is 0 Å². The average molecular weight is 472 g/mol. The van der Waals surface area contributed by atoms with Crippen LogP contribution in [0.15, 0.2) is 57.2 Å². The highest BCUT2D eigenvalue weighted by Crippen LogP contribution is 2.29. The second kappa shape index (κ2) is 9.09. The highest BCUT2D eigenvalue weighted by molar-refractivity contribution is 9.10. The van der Waals surface area contributed by atoms with Crippen LogP contribution in [0.4, 0.5) is 0 Å². The lowest BCUT2D eigenvalue weighted by molar-refractivity contribution is -0.116. The number of nitrogens with one attached hydrogen (secondary N) is 1. The Hall–Kier alpha value is -2.19. The van der Waals surface area contributed by atoms with Crippen LogP contribution in [0, 0.1) is 0 Å². The summed E-state index contributed by atoms with van der Waals surface area (Å²) in [4.78, 5) is 22.4. The summed E-state index contributed by atoms with van der Waals surface area (Å²) < 4.78 is 0.892. The van der Waals surface area contributed by atoms with E-state index < -0.39 is 6.17 Å². The first-order chi connectivity index (χ1) is 14.2. The molecule has 29 heavy (non-hydrogen) atoms. The van der Waals surface area contributed by atoms with Gasteiger partial charge in [-0.05, 0) is 36.8 Å². The molecule has 0 bridgehead atoms. The van der Waals surface area contributed by atoms with Crippen molar-refractivity contribution in [2.24, 2.45) is 10.1 Å². The van der Waals surface area contributed by atoms with Gasteiger partial charge in [-0.15, -0.1) is 5.10 Å². The Kier molecular flexibility index (Phi) is 6.30. The number of thioether (sulfide) groups is 1. The van der Waals surface area contributed by atoms with Gasteiger partial charge in [-0.3, -0.25) is 20.1 Å². The third-order valence-corrected chi connectivity index (χ3v) is 6.20. The van der Waals surface area contributed by atoms with Crippen molar-refractivity contribution in [2.75, 3.05) is 5.75 Å². The van der Waals surface area contributed by atoms with Gasteiger partial charge in [0.2, 0.25) is 0 Å². The summed E-state index contributed by atoms with van der Waals surface area (Å²) >= 11 is 5.08. The van der Waals surface area contributed by atoms with E-state index in [1.165, 1.54) is 19.3 Å². The van der Waals surface area contributed by atoms with Gasteiger partial charge in [-0.2, -0.15) is 0 Å². The Morgan fingerprint density at radius 2 is 2.10 bits per heavy atom. The van der Waals surface area contributed by atoms with E-state index in [0.29, 0.717) is 10.9 Å². The summed E-state index contributed by atoms with van der Waals surface area (Å²) in [5.74, 6) is 0.766. The quantitative estimate of drug-likeness (QED) is 0.656. The van der Waals surface area contributed by atoms with Crippen molar-refractivity contribution >= 4 is 44.5 Å². The maximum absolute atomic E-state index is 13.1. The van der Waals surface area contributed by atoms with Gasteiger partial charge in [0.15, 0.2) is 11.3 Å². The van der Waals surface area contributed by atoms with E-state index in [2.05, 4.69) is 33.2 Å². The Bertz CT molecular complexity index is 1060. The van der Waals surface area contributed by atoms with E-state index in [9.17, 15) is 4.79 Å². The number of hydrazone groups is 1. The number of halogens is 1. The molecule has 6 nitrogen and oxygen atoms in total. The summed E-state index contributed by atoms with van der Waals surface area (Å²) in [6.45, 7) is 2.20. The van der Waals surface area contributed by atoms with E-state index in [0.717, 1.165) is 32.9 Å². The van der Waals surface area contributed by atoms with Gasteiger partial charge in [0.1, 0.15) is 5.70 Å². The molecule has 1 N–H and O–H groups in total. The second-order valence-corrected chi connectivity index (χ2v) is 8.88. The van der Waals surface area contributed by atoms with Crippen LogP contribution >= 0.6 is 27.7 Å². The highest BCUT2D eigenvalue weighted by Gasteiger charge is 2.35. The fraction of sp³-hybridized carbons (Fsp3) is 0.333. The Morgan fingerprint density at radius 1 is 1.21 bits per heavy atom. The van der Waals surface area contributed by atoms with Gasteiger partial charge in [0.25, 0.3) is 5.91 Å². The molecule has 1 aromatic carbocycles. The molecule has 0 aliphatic carbocycles. The molecule has 0 saturated carbocycles. The molecular weight excluding hydrogens is 450 g/mol. The smallest absolute Gasteiger partial charge is 0.276 e.